The Hall–Kier alpha value is -3.93. The standard InChI is InChI=1S/C20H21N9O2S/c1-12-8-9-16(31-3)14(10-12)29-20(26-27-28-29)32-11-17-23-18(21)25-19(24-17)22-13-6-4-5-7-15(13)30-2/h4-10H,11H2,1-3H3,(H3,21,22,23,24,25). The van der Waals surface area contributed by atoms with Gasteiger partial charge >= 0.3 is 0 Å². The Bertz CT molecular complexity index is 1230. The zero-order chi connectivity index (χ0) is 22.5. The van der Waals surface area contributed by atoms with Crippen molar-refractivity contribution in [1.29, 1.82) is 0 Å². The molecule has 0 radical (unpaired) electrons. The zero-order valence-electron chi connectivity index (χ0n) is 17.7. The van der Waals surface area contributed by atoms with Crippen LogP contribution in [0.4, 0.5) is 17.6 Å². The number of benzene rings is 2. The van der Waals surface area contributed by atoms with Crippen LogP contribution in [0.25, 0.3) is 5.69 Å². The average molecular weight is 452 g/mol. The van der Waals surface area contributed by atoms with E-state index in [1.807, 2.05) is 49.4 Å². The number of para-hydroxylation sites is 2. The van der Waals surface area contributed by atoms with Crippen molar-refractivity contribution >= 4 is 29.3 Å². The van der Waals surface area contributed by atoms with Crippen LogP contribution >= 0.6 is 11.8 Å². The molecule has 3 N–H and O–H groups in total. The fourth-order valence-corrected chi connectivity index (χ4v) is 3.68. The van der Waals surface area contributed by atoms with Crippen molar-refractivity contribution < 1.29 is 9.47 Å². The van der Waals surface area contributed by atoms with E-state index in [-0.39, 0.29) is 5.95 Å². The summed E-state index contributed by atoms with van der Waals surface area (Å²) in [5.74, 6) is 2.60. The number of thioether (sulfide) groups is 1. The summed E-state index contributed by atoms with van der Waals surface area (Å²) in [6.07, 6.45) is 0. The highest BCUT2D eigenvalue weighted by atomic mass is 32.2. The minimum absolute atomic E-state index is 0.105. The van der Waals surface area contributed by atoms with E-state index in [1.54, 1.807) is 18.9 Å². The van der Waals surface area contributed by atoms with E-state index < -0.39 is 0 Å². The molecule has 2 aromatic heterocycles. The summed E-state index contributed by atoms with van der Waals surface area (Å²) in [5, 5.41) is 15.7. The summed E-state index contributed by atoms with van der Waals surface area (Å²) in [6.45, 7) is 1.99. The van der Waals surface area contributed by atoms with Gasteiger partial charge in [0.25, 0.3) is 0 Å². The molecular weight excluding hydrogens is 430 g/mol. The Balaban J connectivity index is 1.55. The van der Waals surface area contributed by atoms with E-state index >= 15 is 0 Å². The second-order valence-corrected chi connectivity index (χ2v) is 7.54. The fourth-order valence-electron chi connectivity index (χ4n) is 2.94. The van der Waals surface area contributed by atoms with Crippen molar-refractivity contribution in [3.8, 4) is 17.2 Å². The maximum atomic E-state index is 5.90. The predicted molar refractivity (Wildman–Crippen MR) is 121 cm³/mol. The van der Waals surface area contributed by atoms with Crippen molar-refractivity contribution in [2.75, 3.05) is 25.3 Å². The van der Waals surface area contributed by atoms with E-state index in [4.69, 9.17) is 15.2 Å². The second kappa shape index (κ2) is 9.47. The highest BCUT2D eigenvalue weighted by Crippen LogP contribution is 2.29. The van der Waals surface area contributed by atoms with Crippen molar-refractivity contribution in [1.82, 2.24) is 35.2 Å². The van der Waals surface area contributed by atoms with Gasteiger partial charge in [-0.25, -0.2) is 0 Å². The largest absolute Gasteiger partial charge is 0.495 e. The number of nitrogens with zero attached hydrogens (tertiary/aromatic N) is 7. The Morgan fingerprint density at radius 2 is 1.84 bits per heavy atom. The highest BCUT2D eigenvalue weighted by molar-refractivity contribution is 7.98. The van der Waals surface area contributed by atoms with E-state index in [2.05, 4.69) is 35.8 Å². The summed E-state index contributed by atoms with van der Waals surface area (Å²) in [4.78, 5) is 12.9. The number of hydrogen-bond donors (Lipinski definition) is 2. The Morgan fingerprint density at radius 3 is 2.66 bits per heavy atom. The molecule has 0 aliphatic carbocycles. The van der Waals surface area contributed by atoms with Gasteiger partial charge in [-0.2, -0.15) is 19.6 Å². The number of methoxy groups -OCH3 is 2. The van der Waals surface area contributed by atoms with E-state index in [0.29, 0.717) is 34.2 Å². The van der Waals surface area contributed by atoms with Gasteiger partial charge in [-0.05, 0) is 47.2 Å². The average Bonchev–Trinajstić information content (AvgIpc) is 3.26. The fraction of sp³-hybridized carbons (Fsp3) is 0.200. The number of ether oxygens (including phenoxy) is 2. The molecule has 0 atom stereocenters. The predicted octanol–water partition coefficient (Wildman–Crippen LogP) is 2.79. The number of hydrogen-bond acceptors (Lipinski definition) is 11. The third-order valence-corrected chi connectivity index (χ3v) is 5.30. The Labute approximate surface area is 188 Å². The van der Waals surface area contributed by atoms with Gasteiger partial charge in [-0.1, -0.05) is 30.0 Å². The lowest BCUT2D eigenvalue weighted by Gasteiger charge is -2.11. The number of anilines is 3. The highest BCUT2D eigenvalue weighted by Gasteiger charge is 2.15. The molecule has 2 aromatic carbocycles. The molecule has 12 heteroatoms. The lowest BCUT2D eigenvalue weighted by Crippen LogP contribution is -2.07. The van der Waals surface area contributed by atoms with Gasteiger partial charge in [0.1, 0.15) is 23.0 Å². The van der Waals surface area contributed by atoms with Crippen LogP contribution in [0.2, 0.25) is 0 Å². The van der Waals surface area contributed by atoms with Crippen LogP contribution in [-0.2, 0) is 5.75 Å². The first-order chi connectivity index (χ1) is 15.6. The molecule has 2 heterocycles. The molecule has 0 amide bonds. The molecule has 0 aliphatic rings. The van der Waals surface area contributed by atoms with Crippen molar-refractivity contribution in [2.24, 2.45) is 0 Å². The molecule has 0 saturated heterocycles. The van der Waals surface area contributed by atoms with Gasteiger partial charge in [-0.15, -0.1) is 5.10 Å². The molecule has 32 heavy (non-hydrogen) atoms. The number of aryl methyl sites for hydroxylation is 1. The monoisotopic (exact) mass is 451 g/mol. The van der Waals surface area contributed by atoms with Gasteiger partial charge in [0.05, 0.1) is 25.7 Å². The second-order valence-electron chi connectivity index (χ2n) is 6.60. The molecule has 0 fully saturated rings. The van der Waals surface area contributed by atoms with E-state index in [1.165, 1.54) is 11.8 Å². The maximum Gasteiger partial charge on any atom is 0.232 e. The maximum absolute atomic E-state index is 5.90. The number of nitrogens with one attached hydrogen (secondary N) is 1. The smallest absolute Gasteiger partial charge is 0.232 e. The SMILES string of the molecule is COc1ccccc1Nc1nc(N)nc(CSc2nnnn2-c2cc(C)ccc2OC)n1. The van der Waals surface area contributed by atoms with Gasteiger partial charge in [0, 0.05) is 0 Å². The Kier molecular flexibility index (Phi) is 6.31. The lowest BCUT2D eigenvalue weighted by molar-refractivity contribution is 0.410. The molecule has 4 rings (SSSR count). The van der Waals surface area contributed by atoms with Crippen LogP contribution in [0.5, 0.6) is 11.5 Å². The van der Waals surface area contributed by atoms with Gasteiger partial charge < -0.3 is 20.5 Å². The van der Waals surface area contributed by atoms with E-state index in [0.717, 1.165) is 16.9 Å². The molecule has 0 spiro atoms. The summed E-state index contributed by atoms with van der Waals surface area (Å²) in [7, 11) is 3.20. The summed E-state index contributed by atoms with van der Waals surface area (Å²) in [5.41, 5.74) is 8.42. The molecular formula is C20H21N9O2S. The first kappa shape index (κ1) is 21.3. The molecule has 0 bridgehead atoms. The van der Waals surface area contributed by atoms with E-state index in [9.17, 15) is 0 Å². The van der Waals surface area contributed by atoms with Crippen molar-refractivity contribution in [2.45, 2.75) is 17.8 Å². The zero-order valence-corrected chi connectivity index (χ0v) is 18.5. The Morgan fingerprint density at radius 1 is 1.03 bits per heavy atom. The number of nitrogen functional groups attached to an aromatic ring is 1. The molecule has 0 saturated carbocycles. The normalized spacial score (nSPS) is 10.7. The van der Waals surface area contributed by atoms with Crippen LogP contribution in [-0.4, -0.2) is 49.4 Å². The molecule has 4 aromatic rings. The minimum Gasteiger partial charge on any atom is -0.495 e. The number of aromatic nitrogens is 7. The van der Waals surface area contributed by atoms with Crippen LogP contribution in [0.3, 0.4) is 0 Å². The molecule has 0 aliphatic heterocycles. The first-order valence-electron chi connectivity index (χ1n) is 9.54. The van der Waals surface area contributed by atoms with Crippen LogP contribution in [0.1, 0.15) is 11.4 Å². The summed E-state index contributed by atoms with van der Waals surface area (Å²) >= 11 is 1.37. The molecule has 164 valence electrons. The van der Waals surface area contributed by atoms with Crippen LogP contribution in [0, 0.1) is 6.92 Å². The first-order valence-corrected chi connectivity index (χ1v) is 10.5. The third kappa shape index (κ3) is 4.70. The van der Waals surface area contributed by atoms with Crippen molar-refractivity contribution in [3.63, 3.8) is 0 Å². The third-order valence-electron chi connectivity index (χ3n) is 4.39. The number of tetrazole rings is 1. The summed E-state index contributed by atoms with van der Waals surface area (Å²) < 4.78 is 12.4. The van der Waals surface area contributed by atoms with Crippen LogP contribution < -0.4 is 20.5 Å². The minimum atomic E-state index is 0.105. The van der Waals surface area contributed by atoms with Gasteiger partial charge in [0.15, 0.2) is 0 Å². The molecule has 0 unspecified atom stereocenters. The van der Waals surface area contributed by atoms with Gasteiger partial charge in [-0.3, -0.25) is 0 Å². The number of rotatable bonds is 8. The topological polar surface area (TPSA) is 139 Å². The van der Waals surface area contributed by atoms with Crippen LogP contribution in [0.15, 0.2) is 47.6 Å². The van der Waals surface area contributed by atoms with Gasteiger partial charge in [0.2, 0.25) is 17.1 Å². The quantitative estimate of drug-likeness (QED) is 0.382. The molecule has 11 nitrogen and oxygen atoms in total. The lowest BCUT2D eigenvalue weighted by atomic mass is 10.2. The number of nitrogens with two attached hydrogens (primary N) is 1. The van der Waals surface area contributed by atoms with Crippen molar-refractivity contribution in [3.05, 3.63) is 53.9 Å². The summed E-state index contributed by atoms with van der Waals surface area (Å²) in [6, 6.07) is 13.2.